The normalized spacial score (nSPS) is 16.9. The van der Waals surface area contributed by atoms with E-state index in [1.54, 1.807) is 11.1 Å². The molecule has 0 atom stereocenters. The van der Waals surface area contributed by atoms with Crippen molar-refractivity contribution >= 4 is 0 Å². The van der Waals surface area contributed by atoms with Gasteiger partial charge < -0.3 is 0 Å². The summed E-state index contributed by atoms with van der Waals surface area (Å²) in [4.78, 5) is 0. The average molecular weight is 200 g/mol. The van der Waals surface area contributed by atoms with Crippen LogP contribution in [-0.4, -0.2) is 0 Å². The van der Waals surface area contributed by atoms with Crippen molar-refractivity contribution in [3.8, 4) is 0 Å². The third kappa shape index (κ3) is 2.71. The van der Waals surface area contributed by atoms with E-state index in [9.17, 15) is 0 Å². The maximum Gasteiger partial charge on any atom is -0.00644 e. The minimum Gasteiger partial charge on any atom is -0.0709 e. The molecule has 0 fully saturated rings. The van der Waals surface area contributed by atoms with Crippen molar-refractivity contribution in [2.75, 3.05) is 0 Å². The lowest BCUT2D eigenvalue weighted by Gasteiger charge is -2.19. The summed E-state index contributed by atoms with van der Waals surface area (Å²) in [7, 11) is 0. The molecule has 1 aromatic carbocycles. The second kappa shape index (κ2) is 5.16. The molecule has 1 aliphatic rings. The van der Waals surface area contributed by atoms with Crippen molar-refractivity contribution in [1.82, 2.24) is 0 Å². The minimum absolute atomic E-state index is 1.18. The monoisotopic (exact) mass is 200 g/mol. The van der Waals surface area contributed by atoms with E-state index in [0.717, 1.165) is 0 Å². The molecule has 0 N–H and O–H groups in total. The third-order valence-electron chi connectivity index (χ3n) is 3.39. The van der Waals surface area contributed by atoms with Crippen LogP contribution in [-0.2, 0) is 6.42 Å². The van der Waals surface area contributed by atoms with Gasteiger partial charge in [-0.1, -0.05) is 48.4 Å². The van der Waals surface area contributed by atoms with Crippen LogP contribution in [0.5, 0.6) is 0 Å². The van der Waals surface area contributed by atoms with Crippen molar-refractivity contribution in [2.45, 2.75) is 45.4 Å². The number of benzene rings is 1. The van der Waals surface area contributed by atoms with Gasteiger partial charge in [0.05, 0.1) is 0 Å². The zero-order valence-electron chi connectivity index (χ0n) is 9.63. The predicted molar refractivity (Wildman–Crippen MR) is 65.9 cm³/mol. The van der Waals surface area contributed by atoms with Crippen molar-refractivity contribution < 1.29 is 0 Å². The first kappa shape index (κ1) is 10.5. The topological polar surface area (TPSA) is 0 Å². The van der Waals surface area contributed by atoms with Gasteiger partial charge in [-0.25, -0.2) is 0 Å². The summed E-state index contributed by atoms with van der Waals surface area (Å²) in [6.07, 6.45) is 7.91. The molecule has 0 heteroatoms. The van der Waals surface area contributed by atoms with E-state index >= 15 is 0 Å². The Kier molecular flexibility index (Phi) is 3.60. The number of allylic oxidation sites excluding steroid dienone is 2. The molecule has 2 rings (SSSR count). The van der Waals surface area contributed by atoms with Crippen LogP contribution in [0.4, 0.5) is 0 Å². The zero-order valence-corrected chi connectivity index (χ0v) is 9.63. The molecule has 0 radical (unpaired) electrons. The highest BCUT2D eigenvalue weighted by molar-refractivity contribution is 5.26. The standard InChI is InChI=1S/C15H20/c1-2-14-10-6-7-11-15(14)12-13-8-4-3-5-9-13/h3-5,8-9H,2,6-7,10-12H2,1H3. The van der Waals surface area contributed by atoms with E-state index in [0.29, 0.717) is 0 Å². The van der Waals surface area contributed by atoms with Crippen LogP contribution in [0.25, 0.3) is 0 Å². The Balaban J connectivity index is 2.13. The highest BCUT2D eigenvalue weighted by Gasteiger charge is 2.11. The van der Waals surface area contributed by atoms with Crippen molar-refractivity contribution in [1.29, 1.82) is 0 Å². The van der Waals surface area contributed by atoms with Crippen molar-refractivity contribution in [3.05, 3.63) is 47.0 Å². The molecule has 0 aromatic heterocycles. The first-order valence-corrected chi connectivity index (χ1v) is 6.14. The van der Waals surface area contributed by atoms with Crippen molar-refractivity contribution in [3.63, 3.8) is 0 Å². The van der Waals surface area contributed by atoms with Crippen LogP contribution in [0.1, 0.15) is 44.6 Å². The van der Waals surface area contributed by atoms with Gasteiger partial charge in [-0.3, -0.25) is 0 Å². The molecule has 0 bridgehead atoms. The first-order chi connectivity index (χ1) is 7.40. The minimum atomic E-state index is 1.18. The SMILES string of the molecule is CCC1=C(Cc2ccccc2)CCCC1. The molecule has 0 amide bonds. The molecule has 0 spiro atoms. The molecule has 1 aromatic rings. The largest absolute Gasteiger partial charge is 0.0709 e. The van der Waals surface area contributed by atoms with Gasteiger partial charge in [0.1, 0.15) is 0 Å². The lowest BCUT2D eigenvalue weighted by molar-refractivity contribution is 0.643. The van der Waals surface area contributed by atoms with E-state index < -0.39 is 0 Å². The van der Waals surface area contributed by atoms with Crippen LogP contribution < -0.4 is 0 Å². The third-order valence-corrected chi connectivity index (χ3v) is 3.39. The summed E-state index contributed by atoms with van der Waals surface area (Å²) in [6.45, 7) is 2.30. The molecule has 80 valence electrons. The smallest absolute Gasteiger partial charge is 0.00644 e. The van der Waals surface area contributed by atoms with Gasteiger partial charge in [0.15, 0.2) is 0 Å². The van der Waals surface area contributed by atoms with Gasteiger partial charge in [0, 0.05) is 0 Å². The number of rotatable bonds is 3. The molecule has 15 heavy (non-hydrogen) atoms. The van der Waals surface area contributed by atoms with Crippen LogP contribution >= 0.6 is 0 Å². The molecule has 0 heterocycles. The zero-order chi connectivity index (χ0) is 10.5. The van der Waals surface area contributed by atoms with Crippen molar-refractivity contribution in [2.24, 2.45) is 0 Å². The highest BCUT2D eigenvalue weighted by Crippen LogP contribution is 2.29. The molecule has 0 saturated heterocycles. The molecule has 1 aliphatic carbocycles. The van der Waals surface area contributed by atoms with E-state index in [1.807, 2.05) is 0 Å². The van der Waals surface area contributed by atoms with Gasteiger partial charge in [-0.05, 0) is 44.1 Å². The summed E-state index contributed by atoms with van der Waals surface area (Å²) < 4.78 is 0. The average Bonchev–Trinajstić information content (AvgIpc) is 2.31. The molecule has 0 unspecified atom stereocenters. The second-order valence-corrected chi connectivity index (χ2v) is 4.43. The van der Waals surface area contributed by atoms with E-state index in [1.165, 1.54) is 44.1 Å². The molecular weight excluding hydrogens is 180 g/mol. The Morgan fingerprint density at radius 3 is 2.27 bits per heavy atom. The highest BCUT2D eigenvalue weighted by atomic mass is 14.2. The molecule has 0 saturated carbocycles. The predicted octanol–water partition coefficient (Wildman–Crippen LogP) is 4.51. The van der Waals surface area contributed by atoms with Gasteiger partial charge in [0.2, 0.25) is 0 Å². The Labute approximate surface area is 93.0 Å². The molecule has 0 nitrogen and oxygen atoms in total. The Morgan fingerprint density at radius 1 is 0.933 bits per heavy atom. The number of hydrogen-bond acceptors (Lipinski definition) is 0. The summed E-state index contributed by atoms with van der Waals surface area (Å²) in [5, 5.41) is 0. The number of hydrogen-bond donors (Lipinski definition) is 0. The van der Waals surface area contributed by atoms with Gasteiger partial charge in [-0.15, -0.1) is 0 Å². The summed E-state index contributed by atoms with van der Waals surface area (Å²) in [6, 6.07) is 10.9. The van der Waals surface area contributed by atoms with Crippen LogP contribution in [0, 0.1) is 0 Å². The maximum atomic E-state index is 2.30. The molecule has 0 aliphatic heterocycles. The van der Waals surface area contributed by atoms with E-state index in [4.69, 9.17) is 0 Å². The fraction of sp³-hybridized carbons (Fsp3) is 0.467. The molecular formula is C15H20. The first-order valence-electron chi connectivity index (χ1n) is 6.14. The van der Waals surface area contributed by atoms with E-state index in [-0.39, 0.29) is 0 Å². The Hall–Kier alpha value is -1.04. The Morgan fingerprint density at radius 2 is 1.60 bits per heavy atom. The summed E-state index contributed by atoms with van der Waals surface area (Å²) in [5.74, 6) is 0. The van der Waals surface area contributed by atoms with Crippen LogP contribution in [0.15, 0.2) is 41.5 Å². The van der Waals surface area contributed by atoms with Gasteiger partial charge >= 0.3 is 0 Å². The fourth-order valence-corrected chi connectivity index (χ4v) is 2.51. The van der Waals surface area contributed by atoms with Gasteiger partial charge in [-0.2, -0.15) is 0 Å². The fourth-order valence-electron chi connectivity index (χ4n) is 2.51. The maximum absolute atomic E-state index is 2.30. The van der Waals surface area contributed by atoms with Gasteiger partial charge in [0.25, 0.3) is 0 Å². The van der Waals surface area contributed by atoms with E-state index in [2.05, 4.69) is 37.3 Å². The summed E-state index contributed by atoms with van der Waals surface area (Å²) >= 11 is 0. The lowest BCUT2D eigenvalue weighted by atomic mass is 9.87. The summed E-state index contributed by atoms with van der Waals surface area (Å²) in [5.41, 5.74) is 4.92. The second-order valence-electron chi connectivity index (χ2n) is 4.43. The lowest BCUT2D eigenvalue weighted by Crippen LogP contribution is -2.02. The van der Waals surface area contributed by atoms with Crippen LogP contribution in [0.2, 0.25) is 0 Å². The Bertz CT molecular complexity index is 332. The quantitative estimate of drug-likeness (QED) is 0.630. The van der Waals surface area contributed by atoms with Crippen LogP contribution in [0.3, 0.4) is 0 Å².